The second-order valence-corrected chi connectivity index (χ2v) is 6.21. The standard InChI is InChI=1S/C16H27NO3/c1-7-12-9-20-14(17-15(19)10(2)3)8-13(12)16(5,6)11(4)18/h8,10-11,18H,7,9H2,1-6H3,(H,17,19). The summed E-state index contributed by atoms with van der Waals surface area (Å²) in [6.45, 7) is 12.0. The average molecular weight is 281 g/mol. The van der Waals surface area contributed by atoms with Gasteiger partial charge in [0, 0.05) is 17.4 Å². The van der Waals surface area contributed by atoms with Crippen molar-refractivity contribution in [2.24, 2.45) is 11.3 Å². The van der Waals surface area contributed by atoms with Crippen LogP contribution >= 0.6 is 0 Å². The lowest BCUT2D eigenvalue weighted by Crippen LogP contribution is -2.34. The summed E-state index contributed by atoms with van der Waals surface area (Å²) < 4.78 is 5.60. The Kier molecular flexibility index (Phi) is 5.40. The Bertz CT molecular complexity index is 431. The first kappa shape index (κ1) is 16.8. The normalized spacial score (nSPS) is 17.7. The topological polar surface area (TPSA) is 58.6 Å². The zero-order chi connectivity index (χ0) is 15.5. The van der Waals surface area contributed by atoms with Crippen LogP contribution in [0, 0.1) is 11.3 Å². The molecule has 2 N–H and O–H groups in total. The van der Waals surface area contributed by atoms with Gasteiger partial charge in [-0.2, -0.15) is 0 Å². The third kappa shape index (κ3) is 3.63. The van der Waals surface area contributed by atoms with Crippen LogP contribution in [0.2, 0.25) is 0 Å². The zero-order valence-corrected chi connectivity index (χ0v) is 13.4. The molecule has 0 aliphatic carbocycles. The smallest absolute Gasteiger partial charge is 0.229 e. The molecule has 4 heteroatoms. The number of allylic oxidation sites excluding steroid dienone is 1. The van der Waals surface area contributed by atoms with E-state index >= 15 is 0 Å². The summed E-state index contributed by atoms with van der Waals surface area (Å²) in [7, 11) is 0. The maximum atomic E-state index is 11.8. The van der Waals surface area contributed by atoms with Crippen LogP contribution in [0.5, 0.6) is 0 Å². The molecule has 20 heavy (non-hydrogen) atoms. The van der Waals surface area contributed by atoms with Crippen molar-refractivity contribution in [3.63, 3.8) is 0 Å². The van der Waals surface area contributed by atoms with E-state index in [1.165, 1.54) is 5.57 Å². The Labute approximate surface area is 121 Å². The summed E-state index contributed by atoms with van der Waals surface area (Å²) in [4.78, 5) is 11.8. The van der Waals surface area contributed by atoms with Crippen molar-refractivity contribution < 1.29 is 14.6 Å². The third-order valence-corrected chi connectivity index (χ3v) is 3.99. The van der Waals surface area contributed by atoms with E-state index in [2.05, 4.69) is 12.2 Å². The van der Waals surface area contributed by atoms with Crippen LogP contribution in [0.15, 0.2) is 23.1 Å². The Balaban J connectivity index is 3.07. The van der Waals surface area contributed by atoms with Crippen molar-refractivity contribution >= 4 is 5.91 Å². The summed E-state index contributed by atoms with van der Waals surface area (Å²) in [6, 6.07) is 0. The van der Waals surface area contributed by atoms with Crippen molar-refractivity contribution in [3.05, 3.63) is 23.1 Å². The SMILES string of the molecule is CCC1=C(C(C)(C)C(C)O)C=C(NC(=O)C(C)C)OC1. The molecule has 1 aliphatic heterocycles. The van der Waals surface area contributed by atoms with Crippen LogP contribution in [0.25, 0.3) is 0 Å². The van der Waals surface area contributed by atoms with Crippen LogP contribution in [-0.4, -0.2) is 23.7 Å². The molecule has 0 spiro atoms. The van der Waals surface area contributed by atoms with E-state index in [1.807, 2.05) is 33.8 Å². The summed E-state index contributed by atoms with van der Waals surface area (Å²) in [5.41, 5.74) is 1.85. The highest BCUT2D eigenvalue weighted by Crippen LogP contribution is 2.37. The molecular formula is C16H27NO3. The highest BCUT2D eigenvalue weighted by molar-refractivity contribution is 5.79. The molecule has 0 radical (unpaired) electrons. The van der Waals surface area contributed by atoms with E-state index in [9.17, 15) is 9.90 Å². The lowest BCUT2D eigenvalue weighted by atomic mass is 9.76. The highest BCUT2D eigenvalue weighted by atomic mass is 16.5. The van der Waals surface area contributed by atoms with Crippen LogP contribution in [0.3, 0.4) is 0 Å². The minimum atomic E-state index is -0.476. The predicted octanol–water partition coefficient (Wildman–Crippen LogP) is 2.74. The number of hydrogen-bond acceptors (Lipinski definition) is 3. The number of hydrogen-bond donors (Lipinski definition) is 2. The van der Waals surface area contributed by atoms with Gasteiger partial charge in [-0.25, -0.2) is 0 Å². The predicted molar refractivity (Wildman–Crippen MR) is 79.8 cm³/mol. The minimum absolute atomic E-state index is 0.0644. The molecule has 1 rings (SSSR count). The van der Waals surface area contributed by atoms with Gasteiger partial charge >= 0.3 is 0 Å². The number of aliphatic hydroxyl groups is 1. The van der Waals surface area contributed by atoms with E-state index in [1.54, 1.807) is 6.92 Å². The van der Waals surface area contributed by atoms with Gasteiger partial charge in [0.25, 0.3) is 0 Å². The van der Waals surface area contributed by atoms with Crippen molar-refractivity contribution in [3.8, 4) is 0 Å². The second-order valence-electron chi connectivity index (χ2n) is 6.21. The number of aliphatic hydroxyl groups excluding tert-OH is 1. The van der Waals surface area contributed by atoms with E-state index in [0.717, 1.165) is 12.0 Å². The number of carbonyl (C=O) groups is 1. The molecule has 0 aromatic heterocycles. The highest BCUT2D eigenvalue weighted by Gasteiger charge is 2.32. The van der Waals surface area contributed by atoms with Gasteiger partial charge in [-0.3, -0.25) is 10.1 Å². The van der Waals surface area contributed by atoms with Gasteiger partial charge in [-0.05, 0) is 24.5 Å². The molecule has 1 amide bonds. The molecule has 114 valence electrons. The monoisotopic (exact) mass is 281 g/mol. The first-order valence-corrected chi connectivity index (χ1v) is 7.26. The van der Waals surface area contributed by atoms with E-state index in [4.69, 9.17) is 4.74 Å². The Morgan fingerprint density at radius 3 is 2.50 bits per heavy atom. The molecule has 0 saturated heterocycles. The molecule has 1 heterocycles. The molecule has 0 fully saturated rings. The molecule has 0 aromatic carbocycles. The lowest BCUT2D eigenvalue weighted by Gasteiger charge is -2.34. The van der Waals surface area contributed by atoms with E-state index < -0.39 is 6.10 Å². The fourth-order valence-electron chi connectivity index (χ4n) is 2.01. The van der Waals surface area contributed by atoms with Crippen LogP contribution in [0.4, 0.5) is 0 Å². The molecule has 1 atom stereocenters. The average Bonchev–Trinajstić information content (AvgIpc) is 2.38. The maximum Gasteiger partial charge on any atom is 0.229 e. The Morgan fingerprint density at radius 1 is 1.45 bits per heavy atom. The largest absolute Gasteiger partial charge is 0.474 e. The number of amides is 1. The summed E-state index contributed by atoms with van der Waals surface area (Å²) in [5.74, 6) is 0.319. The first-order chi connectivity index (χ1) is 9.20. The molecule has 1 aliphatic rings. The van der Waals surface area contributed by atoms with E-state index in [-0.39, 0.29) is 17.2 Å². The molecule has 4 nitrogen and oxygen atoms in total. The van der Waals surface area contributed by atoms with Crippen LogP contribution < -0.4 is 5.32 Å². The van der Waals surface area contributed by atoms with Gasteiger partial charge in [0.2, 0.25) is 5.91 Å². The summed E-state index contributed by atoms with van der Waals surface area (Å²) in [5, 5.41) is 12.8. The minimum Gasteiger partial charge on any atom is -0.474 e. The number of ether oxygens (including phenoxy) is 1. The molecule has 0 bridgehead atoms. The van der Waals surface area contributed by atoms with Gasteiger partial charge in [0.1, 0.15) is 6.61 Å². The number of rotatable bonds is 5. The quantitative estimate of drug-likeness (QED) is 0.814. The third-order valence-electron chi connectivity index (χ3n) is 3.99. The van der Waals surface area contributed by atoms with Crippen molar-refractivity contribution in [2.45, 2.75) is 54.1 Å². The summed E-state index contributed by atoms with van der Waals surface area (Å²) in [6.07, 6.45) is 2.25. The maximum absolute atomic E-state index is 11.8. The fourth-order valence-corrected chi connectivity index (χ4v) is 2.01. The zero-order valence-electron chi connectivity index (χ0n) is 13.4. The molecule has 0 aromatic rings. The summed E-state index contributed by atoms with van der Waals surface area (Å²) >= 11 is 0. The van der Waals surface area contributed by atoms with E-state index in [0.29, 0.717) is 12.5 Å². The van der Waals surface area contributed by atoms with Gasteiger partial charge in [-0.15, -0.1) is 0 Å². The van der Waals surface area contributed by atoms with Gasteiger partial charge in [0.05, 0.1) is 6.10 Å². The first-order valence-electron chi connectivity index (χ1n) is 7.26. The Hall–Kier alpha value is -1.29. The molecule has 1 unspecified atom stereocenters. The second kappa shape index (κ2) is 6.44. The number of carbonyl (C=O) groups excluding carboxylic acids is 1. The lowest BCUT2D eigenvalue weighted by molar-refractivity contribution is -0.124. The van der Waals surface area contributed by atoms with Crippen LogP contribution in [-0.2, 0) is 9.53 Å². The molecule has 0 saturated carbocycles. The van der Waals surface area contributed by atoms with Gasteiger partial charge in [0.15, 0.2) is 5.88 Å². The fraction of sp³-hybridized carbons (Fsp3) is 0.688. The Morgan fingerprint density at radius 2 is 2.05 bits per heavy atom. The van der Waals surface area contributed by atoms with Gasteiger partial charge in [-0.1, -0.05) is 34.6 Å². The van der Waals surface area contributed by atoms with Crippen molar-refractivity contribution in [2.75, 3.05) is 6.61 Å². The van der Waals surface area contributed by atoms with Crippen molar-refractivity contribution in [1.82, 2.24) is 5.32 Å². The van der Waals surface area contributed by atoms with Crippen molar-refractivity contribution in [1.29, 1.82) is 0 Å². The van der Waals surface area contributed by atoms with Gasteiger partial charge < -0.3 is 9.84 Å². The molecular weight excluding hydrogens is 254 g/mol. The number of nitrogens with one attached hydrogen (secondary N) is 1. The van der Waals surface area contributed by atoms with Crippen LogP contribution in [0.1, 0.15) is 48.0 Å².